The third kappa shape index (κ3) is 2.83. The summed E-state index contributed by atoms with van der Waals surface area (Å²) < 4.78 is 0. The van der Waals surface area contributed by atoms with Gasteiger partial charge in [-0.1, -0.05) is 60.7 Å². The van der Waals surface area contributed by atoms with Gasteiger partial charge in [-0.25, -0.2) is 0 Å². The first kappa shape index (κ1) is 11.6. The molecule has 2 N–H and O–H groups in total. The monoisotopic (exact) mass is 223 g/mol. The maximum atomic E-state index is 6.02. The fraction of sp³-hybridized carbons (Fsp3) is 0.125. The van der Waals surface area contributed by atoms with Gasteiger partial charge < -0.3 is 5.73 Å². The van der Waals surface area contributed by atoms with Gasteiger partial charge in [-0.05, 0) is 23.1 Å². The van der Waals surface area contributed by atoms with E-state index >= 15 is 0 Å². The molecule has 0 aliphatic heterocycles. The van der Waals surface area contributed by atoms with Gasteiger partial charge >= 0.3 is 0 Å². The summed E-state index contributed by atoms with van der Waals surface area (Å²) >= 11 is 0. The van der Waals surface area contributed by atoms with Crippen molar-refractivity contribution in [2.75, 3.05) is 0 Å². The Morgan fingerprint density at radius 3 is 2.12 bits per heavy atom. The van der Waals surface area contributed by atoms with E-state index in [0.717, 1.165) is 12.0 Å². The van der Waals surface area contributed by atoms with Crippen LogP contribution in [-0.2, 0) is 0 Å². The predicted molar refractivity (Wildman–Crippen MR) is 73.6 cm³/mol. The molecule has 17 heavy (non-hydrogen) atoms. The molecule has 0 saturated heterocycles. The first-order chi connectivity index (χ1) is 8.31. The van der Waals surface area contributed by atoms with E-state index in [1.165, 1.54) is 11.1 Å². The predicted octanol–water partition coefficient (Wildman–Crippen LogP) is 3.93. The van der Waals surface area contributed by atoms with Gasteiger partial charge in [0.2, 0.25) is 0 Å². The molecule has 0 aliphatic carbocycles. The van der Waals surface area contributed by atoms with Crippen molar-refractivity contribution in [3.63, 3.8) is 0 Å². The van der Waals surface area contributed by atoms with Crippen LogP contribution in [0.2, 0.25) is 0 Å². The first-order valence-corrected chi connectivity index (χ1v) is 5.83. The highest BCUT2D eigenvalue weighted by Gasteiger charge is 2.03. The molecule has 0 heterocycles. The molecule has 0 bridgehead atoms. The quantitative estimate of drug-likeness (QED) is 0.781. The minimum atomic E-state index is 0.0531. The second kappa shape index (κ2) is 5.46. The van der Waals surface area contributed by atoms with Crippen molar-refractivity contribution >= 4 is 0 Å². The summed E-state index contributed by atoms with van der Waals surface area (Å²) in [6, 6.07) is 18.8. The van der Waals surface area contributed by atoms with Crippen molar-refractivity contribution in [1.82, 2.24) is 0 Å². The van der Waals surface area contributed by atoms with Crippen LogP contribution in [0.3, 0.4) is 0 Å². The van der Waals surface area contributed by atoms with Crippen LogP contribution in [0.25, 0.3) is 11.1 Å². The van der Waals surface area contributed by atoms with Gasteiger partial charge in [-0.2, -0.15) is 0 Å². The molecule has 0 unspecified atom stereocenters. The highest BCUT2D eigenvalue weighted by atomic mass is 14.6. The van der Waals surface area contributed by atoms with Crippen LogP contribution in [0.1, 0.15) is 18.0 Å². The normalized spacial score (nSPS) is 12.1. The Kier molecular flexibility index (Phi) is 3.73. The number of nitrogens with two attached hydrogens (primary N) is 1. The Morgan fingerprint density at radius 1 is 0.941 bits per heavy atom. The maximum absolute atomic E-state index is 6.02. The third-order valence-electron chi connectivity index (χ3n) is 2.87. The Hall–Kier alpha value is -1.86. The van der Waals surface area contributed by atoms with Gasteiger partial charge in [0.15, 0.2) is 0 Å². The molecule has 1 heteroatoms. The smallest absolute Gasteiger partial charge is 0.0329 e. The van der Waals surface area contributed by atoms with E-state index in [2.05, 4.69) is 43.0 Å². The average Bonchev–Trinajstić information content (AvgIpc) is 2.40. The molecular formula is C16H17N. The van der Waals surface area contributed by atoms with Gasteiger partial charge in [-0.15, -0.1) is 6.58 Å². The lowest BCUT2D eigenvalue weighted by Crippen LogP contribution is -2.08. The van der Waals surface area contributed by atoms with E-state index in [0.29, 0.717) is 0 Å². The van der Waals surface area contributed by atoms with Crippen molar-refractivity contribution in [2.45, 2.75) is 12.5 Å². The molecule has 0 saturated carbocycles. The fourth-order valence-corrected chi connectivity index (χ4v) is 1.87. The van der Waals surface area contributed by atoms with Gasteiger partial charge in [0, 0.05) is 6.04 Å². The number of rotatable bonds is 4. The second-order valence-corrected chi connectivity index (χ2v) is 4.12. The SMILES string of the molecule is C=CC[C@@H](N)c1ccc(-c2ccccc2)cc1. The Balaban J connectivity index is 2.21. The number of hydrogen-bond acceptors (Lipinski definition) is 1. The largest absolute Gasteiger partial charge is 0.324 e. The molecule has 86 valence electrons. The van der Waals surface area contributed by atoms with Crippen LogP contribution in [0.5, 0.6) is 0 Å². The molecule has 2 aromatic carbocycles. The number of benzene rings is 2. The summed E-state index contributed by atoms with van der Waals surface area (Å²) in [6.45, 7) is 3.71. The zero-order valence-corrected chi connectivity index (χ0v) is 9.84. The summed E-state index contributed by atoms with van der Waals surface area (Å²) in [6.07, 6.45) is 2.67. The minimum absolute atomic E-state index is 0.0531. The summed E-state index contributed by atoms with van der Waals surface area (Å²) in [5, 5.41) is 0. The molecule has 2 rings (SSSR count). The van der Waals surface area contributed by atoms with E-state index in [4.69, 9.17) is 5.73 Å². The highest BCUT2D eigenvalue weighted by Crippen LogP contribution is 2.22. The van der Waals surface area contributed by atoms with Gasteiger partial charge in [0.05, 0.1) is 0 Å². The van der Waals surface area contributed by atoms with E-state index in [-0.39, 0.29) is 6.04 Å². The molecule has 0 aliphatic rings. The zero-order chi connectivity index (χ0) is 12.1. The van der Waals surface area contributed by atoms with Crippen LogP contribution < -0.4 is 5.73 Å². The average molecular weight is 223 g/mol. The fourth-order valence-electron chi connectivity index (χ4n) is 1.87. The molecule has 0 aromatic heterocycles. The van der Waals surface area contributed by atoms with Crippen molar-refractivity contribution in [1.29, 1.82) is 0 Å². The van der Waals surface area contributed by atoms with Crippen LogP contribution in [0, 0.1) is 0 Å². The Morgan fingerprint density at radius 2 is 1.53 bits per heavy atom. The van der Waals surface area contributed by atoms with Crippen molar-refractivity contribution < 1.29 is 0 Å². The standard InChI is InChI=1S/C16H17N/c1-2-6-16(17)15-11-9-14(10-12-15)13-7-4-3-5-8-13/h2-5,7-12,16H,1,6,17H2/t16-/m1/s1. The molecule has 0 amide bonds. The highest BCUT2D eigenvalue weighted by molar-refractivity contribution is 5.63. The van der Waals surface area contributed by atoms with Crippen molar-refractivity contribution in [2.24, 2.45) is 5.73 Å². The Labute approximate surface area is 103 Å². The minimum Gasteiger partial charge on any atom is -0.324 e. The molecule has 0 spiro atoms. The van der Waals surface area contributed by atoms with E-state index < -0.39 is 0 Å². The van der Waals surface area contributed by atoms with Crippen LogP contribution in [0.4, 0.5) is 0 Å². The first-order valence-electron chi connectivity index (χ1n) is 5.83. The molecule has 0 radical (unpaired) electrons. The van der Waals surface area contributed by atoms with E-state index in [1.807, 2.05) is 24.3 Å². The van der Waals surface area contributed by atoms with Gasteiger partial charge in [0.1, 0.15) is 0 Å². The van der Waals surface area contributed by atoms with Gasteiger partial charge in [-0.3, -0.25) is 0 Å². The maximum Gasteiger partial charge on any atom is 0.0329 e. The van der Waals surface area contributed by atoms with Crippen molar-refractivity contribution in [3.05, 3.63) is 72.8 Å². The van der Waals surface area contributed by atoms with Crippen LogP contribution >= 0.6 is 0 Å². The third-order valence-corrected chi connectivity index (χ3v) is 2.87. The Bertz CT molecular complexity index is 471. The summed E-state index contributed by atoms with van der Waals surface area (Å²) in [5.41, 5.74) is 9.64. The molecule has 1 nitrogen and oxygen atoms in total. The van der Waals surface area contributed by atoms with E-state index in [1.54, 1.807) is 0 Å². The lowest BCUT2D eigenvalue weighted by Gasteiger charge is -2.10. The van der Waals surface area contributed by atoms with E-state index in [9.17, 15) is 0 Å². The van der Waals surface area contributed by atoms with Crippen LogP contribution in [-0.4, -0.2) is 0 Å². The van der Waals surface area contributed by atoms with Gasteiger partial charge in [0.25, 0.3) is 0 Å². The summed E-state index contributed by atoms with van der Waals surface area (Å²) in [5.74, 6) is 0. The molecular weight excluding hydrogens is 206 g/mol. The second-order valence-electron chi connectivity index (χ2n) is 4.12. The lowest BCUT2D eigenvalue weighted by molar-refractivity contribution is 0.742. The number of hydrogen-bond donors (Lipinski definition) is 1. The molecule has 2 aromatic rings. The zero-order valence-electron chi connectivity index (χ0n) is 9.84. The molecule has 0 fully saturated rings. The van der Waals surface area contributed by atoms with Crippen molar-refractivity contribution in [3.8, 4) is 11.1 Å². The topological polar surface area (TPSA) is 26.0 Å². The lowest BCUT2D eigenvalue weighted by atomic mass is 10.00. The molecule has 1 atom stereocenters. The summed E-state index contributed by atoms with van der Waals surface area (Å²) in [7, 11) is 0. The van der Waals surface area contributed by atoms with Crippen LogP contribution in [0.15, 0.2) is 67.3 Å². The summed E-state index contributed by atoms with van der Waals surface area (Å²) in [4.78, 5) is 0.